The van der Waals surface area contributed by atoms with Crippen molar-refractivity contribution in [2.24, 2.45) is 0 Å². The molecular weight excluding hydrogens is 379 g/mol. The predicted molar refractivity (Wildman–Crippen MR) is 87.8 cm³/mol. The fourth-order valence-corrected chi connectivity index (χ4v) is 2.79. The van der Waals surface area contributed by atoms with Crippen molar-refractivity contribution in [3.05, 3.63) is 56.0 Å². The monoisotopic (exact) mass is 390 g/mol. The first-order chi connectivity index (χ1) is 9.97. The lowest BCUT2D eigenvalue weighted by Gasteiger charge is -2.17. The fraction of sp³-hybridized carbons (Fsp3) is 0.200. The minimum absolute atomic E-state index is 0.393. The summed E-state index contributed by atoms with van der Waals surface area (Å²) >= 11 is 15.3. The van der Waals surface area contributed by atoms with E-state index in [4.69, 9.17) is 32.7 Å². The van der Waals surface area contributed by atoms with E-state index in [1.54, 1.807) is 44.6 Å². The van der Waals surface area contributed by atoms with Gasteiger partial charge in [-0.05, 0) is 29.8 Å². The first-order valence-corrected chi connectivity index (χ1v) is 7.57. The normalized spacial score (nSPS) is 12.1. The second-order valence-electron chi connectivity index (χ2n) is 4.30. The van der Waals surface area contributed by atoms with Crippen molar-refractivity contribution in [2.75, 3.05) is 14.2 Å². The third-order valence-corrected chi connectivity index (χ3v) is 4.48. The van der Waals surface area contributed by atoms with Gasteiger partial charge < -0.3 is 14.6 Å². The van der Waals surface area contributed by atoms with Crippen molar-refractivity contribution >= 4 is 39.1 Å². The van der Waals surface area contributed by atoms with Gasteiger partial charge in [0.2, 0.25) is 0 Å². The van der Waals surface area contributed by atoms with Gasteiger partial charge in [-0.25, -0.2) is 0 Å². The quantitative estimate of drug-likeness (QED) is 0.809. The van der Waals surface area contributed by atoms with E-state index in [-0.39, 0.29) is 0 Å². The summed E-state index contributed by atoms with van der Waals surface area (Å²) in [5.41, 5.74) is 1.28. The van der Waals surface area contributed by atoms with Crippen LogP contribution in [0.15, 0.2) is 34.8 Å². The van der Waals surface area contributed by atoms with Crippen LogP contribution in [0, 0.1) is 0 Å². The molecule has 0 aliphatic carbocycles. The van der Waals surface area contributed by atoms with E-state index < -0.39 is 6.10 Å². The van der Waals surface area contributed by atoms with Gasteiger partial charge in [-0.2, -0.15) is 0 Å². The van der Waals surface area contributed by atoms with Crippen LogP contribution in [0.3, 0.4) is 0 Å². The van der Waals surface area contributed by atoms with E-state index in [0.29, 0.717) is 37.1 Å². The number of ether oxygens (including phenoxy) is 2. The van der Waals surface area contributed by atoms with Crippen LogP contribution in [0.1, 0.15) is 17.2 Å². The highest BCUT2D eigenvalue weighted by molar-refractivity contribution is 9.10. The van der Waals surface area contributed by atoms with Crippen molar-refractivity contribution < 1.29 is 14.6 Å². The van der Waals surface area contributed by atoms with Gasteiger partial charge in [0.05, 0.1) is 24.3 Å². The molecular formula is C15H13BrCl2O3. The first-order valence-electron chi connectivity index (χ1n) is 6.02. The Hall–Kier alpha value is -0.940. The van der Waals surface area contributed by atoms with Crippen molar-refractivity contribution in [1.29, 1.82) is 0 Å². The summed E-state index contributed by atoms with van der Waals surface area (Å²) in [5.74, 6) is 1.12. The summed E-state index contributed by atoms with van der Waals surface area (Å²) in [6, 6.07) is 8.47. The van der Waals surface area contributed by atoms with Crippen molar-refractivity contribution in [3.63, 3.8) is 0 Å². The molecule has 0 spiro atoms. The summed E-state index contributed by atoms with van der Waals surface area (Å²) in [7, 11) is 3.10. The summed E-state index contributed by atoms with van der Waals surface area (Å²) < 4.78 is 11.2. The van der Waals surface area contributed by atoms with Gasteiger partial charge in [0.15, 0.2) is 11.5 Å². The molecule has 112 valence electrons. The average Bonchev–Trinajstić information content (AvgIpc) is 2.49. The molecule has 2 rings (SSSR count). The van der Waals surface area contributed by atoms with Gasteiger partial charge in [-0.3, -0.25) is 0 Å². The molecule has 0 saturated heterocycles. The fourth-order valence-electron chi connectivity index (χ4n) is 1.94. The van der Waals surface area contributed by atoms with Gasteiger partial charge in [0.25, 0.3) is 0 Å². The molecule has 0 bridgehead atoms. The lowest BCUT2D eigenvalue weighted by atomic mass is 10.0. The van der Waals surface area contributed by atoms with Crippen LogP contribution in [-0.2, 0) is 0 Å². The largest absolute Gasteiger partial charge is 0.493 e. The van der Waals surface area contributed by atoms with E-state index in [0.717, 1.165) is 0 Å². The smallest absolute Gasteiger partial charge is 0.161 e. The molecule has 1 unspecified atom stereocenters. The lowest BCUT2D eigenvalue weighted by molar-refractivity contribution is 0.218. The molecule has 0 amide bonds. The zero-order chi connectivity index (χ0) is 15.6. The molecule has 2 aromatic carbocycles. The highest BCUT2D eigenvalue weighted by atomic mass is 79.9. The Kier molecular flexibility index (Phi) is 5.38. The predicted octanol–water partition coefficient (Wildman–Crippen LogP) is 4.85. The number of aliphatic hydroxyl groups excluding tert-OH is 1. The minimum atomic E-state index is -0.867. The Bertz CT molecular complexity index is 662. The number of hydrogen-bond donors (Lipinski definition) is 1. The van der Waals surface area contributed by atoms with Crippen LogP contribution < -0.4 is 9.47 Å². The van der Waals surface area contributed by atoms with Crippen LogP contribution in [0.25, 0.3) is 0 Å². The molecule has 0 radical (unpaired) electrons. The molecule has 2 aromatic rings. The maximum atomic E-state index is 10.5. The molecule has 1 N–H and O–H groups in total. The van der Waals surface area contributed by atoms with E-state index in [1.807, 2.05) is 0 Å². The van der Waals surface area contributed by atoms with Crippen LogP contribution in [0.2, 0.25) is 10.0 Å². The van der Waals surface area contributed by atoms with Gasteiger partial charge >= 0.3 is 0 Å². The van der Waals surface area contributed by atoms with Crippen LogP contribution in [-0.4, -0.2) is 19.3 Å². The van der Waals surface area contributed by atoms with Gasteiger partial charge in [0, 0.05) is 10.0 Å². The molecule has 0 saturated carbocycles. The van der Waals surface area contributed by atoms with E-state index >= 15 is 0 Å². The number of rotatable bonds is 4. The van der Waals surface area contributed by atoms with E-state index in [9.17, 15) is 5.11 Å². The van der Waals surface area contributed by atoms with Gasteiger partial charge in [0.1, 0.15) is 6.10 Å². The van der Waals surface area contributed by atoms with Gasteiger partial charge in [-0.1, -0.05) is 45.2 Å². The second-order valence-corrected chi connectivity index (χ2v) is 5.97. The standard InChI is InChI=1S/C15H13BrCl2O3/c1-20-13-6-9(10(16)7-14(13)21-2)15(19)8-3-4-11(17)12(18)5-8/h3-7,15,19H,1-2H3. The third-order valence-electron chi connectivity index (χ3n) is 3.06. The molecule has 6 heteroatoms. The lowest BCUT2D eigenvalue weighted by Crippen LogP contribution is -2.02. The SMILES string of the molecule is COc1cc(Br)c(C(O)c2ccc(Cl)c(Cl)c2)cc1OC. The molecule has 0 aliphatic heterocycles. The highest BCUT2D eigenvalue weighted by Gasteiger charge is 2.18. The molecule has 0 fully saturated rings. The minimum Gasteiger partial charge on any atom is -0.493 e. The first kappa shape index (κ1) is 16.4. The topological polar surface area (TPSA) is 38.7 Å². The zero-order valence-corrected chi connectivity index (χ0v) is 14.5. The maximum absolute atomic E-state index is 10.5. The molecule has 0 aromatic heterocycles. The average molecular weight is 392 g/mol. The van der Waals surface area contributed by atoms with Crippen molar-refractivity contribution in [1.82, 2.24) is 0 Å². The Labute approximate surface area is 141 Å². The van der Waals surface area contributed by atoms with Gasteiger partial charge in [-0.15, -0.1) is 0 Å². The highest BCUT2D eigenvalue weighted by Crippen LogP contribution is 2.38. The van der Waals surface area contributed by atoms with E-state index in [2.05, 4.69) is 15.9 Å². The van der Waals surface area contributed by atoms with Crippen molar-refractivity contribution in [2.45, 2.75) is 6.10 Å². The van der Waals surface area contributed by atoms with Crippen LogP contribution in [0.5, 0.6) is 11.5 Å². The number of halogens is 3. The molecule has 1 atom stereocenters. The molecule has 3 nitrogen and oxygen atoms in total. The number of hydrogen-bond acceptors (Lipinski definition) is 3. The molecule has 0 aliphatic rings. The maximum Gasteiger partial charge on any atom is 0.161 e. The zero-order valence-electron chi connectivity index (χ0n) is 11.4. The van der Waals surface area contributed by atoms with Crippen molar-refractivity contribution in [3.8, 4) is 11.5 Å². The third kappa shape index (κ3) is 3.46. The van der Waals surface area contributed by atoms with E-state index in [1.165, 1.54) is 0 Å². The molecule has 21 heavy (non-hydrogen) atoms. The van der Waals surface area contributed by atoms with Crippen LogP contribution in [0.4, 0.5) is 0 Å². The number of benzene rings is 2. The van der Waals surface area contributed by atoms with Crippen LogP contribution >= 0.6 is 39.1 Å². The summed E-state index contributed by atoms with van der Waals surface area (Å²) in [5, 5.41) is 11.4. The summed E-state index contributed by atoms with van der Waals surface area (Å²) in [6.45, 7) is 0. The number of methoxy groups -OCH3 is 2. The Morgan fingerprint density at radius 2 is 1.62 bits per heavy atom. The summed E-state index contributed by atoms with van der Waals surface area (Å²) in [4.78, 5) is 0. The number of aliphatic hydroxyl groups is 1. The molecule has 0 heterocycles. The Balaban J connectivity index is 2.47. The Morgan fingerprint density at radius 1 is 1.00 bits per heavy atom. The second kappa shape index (κ2) is 6.88. The summed E-state index contributed by atoms with van der Waals surface area (Å²) in [6.07, 6.45) is -0.867. The Morgan fingerprint density at radius 3 is 2.19 bits per heavy atom.